The minimum atomic E-state index is 0.0565. The second kappa shape index (κ2) is 3.68. The number of hydrogen-bond donors (Lipinski definition) is 0. The molecule has 0 spiro atoms. The minimum Gasteiger partial charge on any atom is -0.118 e. The zero-order valence-electron chi connectivity index (χ0n) is 7.49. The van der Waals surface area contributed by atoms with Crippen molar-refractivity contribution in [2.24, 2.45) is 0 Å². The van der Waals surface area contributed by atoms with Gasteiger partial charge in [-0.1, -0.05) is 17.7 Å². The molecule has 0 heterocycles. The average molecular weight is 203 g/mol. The van der Waals surface area contributed by atoms with Gasteiger partial charge in [0.2, 0.25) is 0 Å². The van der Waals surface area contributed by atoms with Crippen LogP contribution in [0.4, 0.5) is 0 Å². The van der Waals surface area contributed by atoms with Crippen LogP contribution in [-0.2, 0) is 0 Å². The van der Waals surface area contributed by atoms with Gasteiger partial charge in [-0.25, -0.2) is 0 Å². The predicted octanol–water partition coefficient (Wildman–Crippen LogP) is 4.26. The highest BCUT2D eigenvalue weighted by atomic mass is 35.5. The molecule has 1 rings (SSSR count). The van der Waals surface area contributed by atoms with E-state index in [2.05, 4.69) is 6.07 Å². The second-order valence-corrected chi connectivity index (χ2v) is 4.14. The van der Waals surface area contributed by atoms with Crippen LogP contribution in [0.15, 0.2) is 12.1 Å². The number of rotatable bonds is 1. The molecule has 0 aromatic heterocycles. The van der Waals surface area contributed by atoms with Crippen LogP contribution < -0.4 is 0 Å². The first-order valence-corrected chi connectivity index (χ1v) is 4.74. The van der Waals surface area contributed by atoms with Gasteiger partial charge in [-0.05, 0) is 43.5 Å². The van der Waals surface area contributed by atoms with E-state index in [1.807, 2.05) is 26.8 Å². The summed E-state index contributed by atoms with van der Waals surface area (Å²) in [7, 11) is 0. The quantitative estimate of drug-likeness (QED) is 0.598. The summed E-state index contributed by atoms with van der Waals surface area (Å²) in [6, 6.07) is 4.01. The number of halogens is 2. The molecule has 0 N–H and O–H groups in total. The summed E-state index contributed by atoms with van der Waals surface area (Å²) in [4.78, 5) is 0. The third kappa shape index (κ3) is 1.94. The van der Waals surface area contributed by atoms with Crippen LogP contribution in [0.2, 0.25) is 5.02 Å². The van der Waals surface area contributed by atoms with Crippen molar-refractivity contribution in [2.75, 3.05) is 0 Å². The maximum absolute atomic E-state index is 5.99. The molecule has 0 nitrogen and oxygen atoms in total. The lowest BCUT2D eigenvalue weighted by Crippen LogP contribution is -1.91. The Labute approximate surface area is 83.5 Å². The molecule has 2 heteroatoms. The van der Waals surface area contributed by atoms with Crippen molar-refractivity contribution in [3.8, 4) is 0 Å². The topological polar surface area (TPSA) is 0 Å². The Morgan fingerprint density at radius 1 is 1.17 bits per heavy atom. The van der Waals surface area contributed by atoms with Gasteiger partial charge < -0.3 is 0 Å². The Kier molecular flexibility index (Phi) is 3.03. The van der Waals surface area contributed by atoms with Crippen LogP contribution in [0, 0.1) is 13.8 Å². The molecule has 0 radical (unpaired) electrons. The molecular weight excluding hydrogens is 191 g/mol. The van der Waals surface area contributed by atoms with E-state index < -0.39 is 0 Å². The maximum atomic E-state index is 5.99. The number of alkyl halides is 1. The summed E-state index contributed by atoms with van der Waals surface area (Å²) in [5.41, 5.74) is 3.41. The lowest BCUT2D eigenvalue weighted by atomic mass is 10.0. The summed E-state index contributed by atoms with van der Waals surface area (Å²) in [6.07, 6.45) is 0. The van der Waals surface area contributed by atoms with Gasteiger partial charge in [0.25, 0.3) is 0 Å². The van der Waals surface area contributed by atoms with Crippen molar-refractivity contribution >= 4 is 23.2 Å². The van der Waals surface area contributed by atoms with Crippen molar-refractivity contribution < 1.29 is 0 Å². The second-order valence-electron chi connectivity index (χ2n) is 3.07. The minimum absolute atomic E-state index is 0.0565. The van der Waals surface area contributed by atoms with E-state index in [-0.39, 0.29) is 5.38 Å². The molecule has 66 valence electrons. The largest absolute Gasteiger partial charge is 0.118 e. The summed E-state index contributed by atoms with van der Waals surface area (Å²) >= 11 is 11.9. The molecule has 0 saturated heterocycles. The molecule has 0 fully saturated rings. The monoisotopic (exact) mass is 202 g/mol. The van der Waals surface area contributed by atoms with Crippen molar-refractivity contribution in [3.05, 3.63) is 33.8 Å². The van der Waals surface area contributed by atoms with E-state index >= 15 is 0 Å². The number of benzene rings is 1. The lowest BCUT2D eigenvalue weighted by Gasteiger charge is -2.10. The zero-order valence-corrected chi connectivity index (χ0v) is 9.00. The summed E-state index contributed by atoms with van der Waals surface area (Å²) in [5, 5.41) is 0.870. The Morgan fingerprint density at radius 2 is 1.75 bits per heavy atom. The molecule has 0 aliphatic heterocycles. The van der Waals surface area contributed by atoms with Gasteiger partial charge in [0.05, 0.1) is 5.38 Å². The Hall–Kier alpha value is -0.200. The first-order valence-electron chi connectivity index (χ1n) is 3.93. The van der Waals surface area contributed by atoms with E-state index in [1.54, 1.807) is 0 Å². The van der Waals surface area contributed by atoms with E-state index in [0.29, 0.717) is 0 Å². The van der Waals surface area contributed by atoms with E-state index in [9.17, 15) is 0 Å². The van der Waals surface area contributed by atoms with Gasteiger partial charge in [0.15, 0.2) is 0 Å². The third-order valence-corrected chi connectivity index (χ3v) is 2.62. The summed E-state index contributed by atoms with van der Waals surface area (Å²) in [6.45, 7) is 5.99. The van der Waals surface area contributed by atoms with Crippen molar-refractivity contribution in [1.29, 1.82) is 0 Å². The molecule has 12 heavy (non-hydrogen) atoms. The zero-order chi connectivity index (χ0) is 9.30. The van der Waals surface area contributed by atoms with Crippen LogP contribution in [0.1, 0.15) is 29.0 Å². The molecule has 0 aliphatic carbocycles. The summed E-state index contributed by atoms with van der Waals surface area (Å²) in [5.74, 6) is 0. The molecule has 0 saturated carbocycles. The first-order chi connectivity index (χ1) is 5.52. The van der Waals surface area contributed by atoms with Crippen LogP contribution >= 0.6 is 23.2 Å². The van der Waals surface area contributed by atoms with Gasteiger partial charge in [-0.3, -0.25) is 0 Å². The number of aryl methyl sites for hydroxylation is 2. The Morgan fingerprint density at radius 3 is 2.25 bits per heavy atom. The Balaban J connectivity index is 3.23. The van der Waals surface area contributed by atoms with Gasteiger partial charge in [0, 0.05) is 5.02 Å². The molecule has 1 aromatic carbocycles. The summed E-state index contributed by atoms with van der Waals surface area (Å²) < 4.78 is 0. The molecule has 0 amide bonds. The van der Waals surface area contributed by atoms with E-state index in [0.717, 1.165) is 16.1 Å². The molecule has 1 aromatic rings. The average Bonchev–Trinajstić information content (AvgIpc) is 1.96. The molecule has 0 bridgehead atoms. The van der Waals surface area contributed by atoms with E-state index in [4.69, 9.17) is 23.2 Å². The van der Waals surface area contributed by atoms with Crippen molar-refractivity contribution in [2.45, 2.75) is 26.1 Å². The van der Waals surface area contributed by atoms with Crippen LogP contribution in [0.25, 0.3) is 0 Å². The molecule has 0 aliphatic rings. The predicted molar refractivity (Wildman–Crippen MR) is 55.2 cm³/mol. The fourth-order valence-corrected chi connectivity index (χ4v) is 1.69. The van der Waals surface area contributed by atoms with Gasteiger partial charge in [-0.15, -0.1) is 11.6 Å². The lowest BCUT2D eigenvalue weighted by molar-refractivity contribution is 1.05. The Bertz CT molecular complexity index is 290. The van der Waals surface area contributed by atoms with Crippen LogP contribution in [0.3, 0.4) is 0 Å². The molecular formula is C10H12Cl2. The highest BCUT2D eigenvalue weighted by Crippen LogP contribution is 2.27. The highest BCUT2D eigenvalue weighted by molar-refractivity contribution is 6.31. The maximum Gasteiger partial charge on any atom is 0.0559 e. The van der Waals surface area contributed by atoms with Crippen molar-refractivity contribution in [1.82, 2.24) is 0 Å². The standard InChI is InChI=1S/C10H12Cl2/c1-6-5-10(12)7(2)4-9(6)8(3)11/h4-5,8H,1-3H3. The smallest absolute Gasteiger partial charge is 0.0559 e. The van der Waals surface area contributed by atoms with Gasteiger partial charge in [0.1, 0.15) is 0 Å². The first kappa shape index (κ1) is 9.88. The fourth-order valence-electron chi connectivity index (χ4n) is 1.23. The SMILES string of the molecule is Cc1cc(C(C)Cl)c(C)cc1Cl. The molecule has 1 atom stereocenters. The normalized spacial score (nSPS) is 13.1. The van der Waals surface area contributed by atoms with Crippen molar-refractivity contribution in [3.63, 3.8) is 0 Å². The fraction of sp³-hybridized carbons (Fsp3) is 0.400. The molecule has 1 unspecified atom stereocenters. The number of hydrogen-bond acceptors (Lipinski definition) is 0. The van der Waals surface area contributed by atoms with Gasteiger partial charge >= 0.3 is 0 Å². The van der Waals surface area contributed by atoms with E-state index in [1.165, 1.54) is 5.56 Å². The third-order valence-electron chi connectivity index (χ3n) is 1.98. The highest BCUT2D eigenvalue weighted by Gasteiger charge is 2.07. The van der Waals surface area contributed by atoms with Gasteiger partial charge in [-0.2, -0.15) is 0 Å². The van der Waals surface area contributed by atoms with Crippen LogP contribution in [0.5, 0.6) is 0 Å². The van der Waals surface area contributed by atoms with Crippen LogP contribution in [-0.4, -0.2) is 0 Å².